The Kier molecular flexibility index (Phi) is 15.6. The summed E-state index contributed by atoms with van der Waals surface area (Å²) in [5.74, 6) is 0. The van der Waals surface area contributed by atoms with Crippen molar-refractivity contribution in [3.8, 4) is 0 Å². The Morgan fingerprint density at radius 2 is 1.06 bits per heavy atom. The summed E-state index contributed by atoms with van der Waals surface area (Å²) in [6.07, 6.45) is 20.4. The van der Waals surface area contributed by atoms with Gasteiger partial charge < -0.3 is 11.2 Å². The minimum absolute atomic E-state index is 0. The largest absolute Gasteiger partial charge is 0.412 e. The van der Waals surface area contributed by atoms with Crippen LogP contribution in [0.15, 0.2) is 36.4 Å². The molecule has 0 saturated heterocycles. The molecule has 0 bridgehead atoms. The van der Waals surface area contributed by atoms with E-state index in [1.54, 1.807) is 11.1 Å². The number of hydrogen-bond donors (Lipinski definition) is 1. The minimum atomic E-state index is 0. The number of benzene rings is 2. The molecule has 0 radical (unpaired) electrons. The van der Waals surface area contributed by atoms with E-state index < -0.39 is 0 Å². The first-order valence-corrected chi connectivity index (χ1v) is 13.7. The van der Waals surface area contributed by atoms with Crippen molar-refractivity contribution in [2.45, 2.75) is 124 Å². The molecule has 0 unspecified atom stereocenters. The molecule has 2 heteroatoms. The summed E-state index contributed by atoms with van der Waals surface area (Å²) in [7, 11) is 0. The maximum atomic E-state index is 6.77. The third-order valence-electron chi connectivity index (χ3n) is 6.87. The van der Waals surface area contributed by atoms with Gasteiger partial charge in [-0.15, -0.1) is 0 Å². The standard InChI is InChI=1S/C31H49N.H2O/c1-4-7-10-16-21-28-27(24-26-19-14-13-15-20-26)25-31(32)30(23-18-12-9-6-3)29(28)22-17-11-8-5-2;/h13-15,19-20,25H,4-12,16-18,21-24,32H2,1-3H3;1H2. The van der Waals surface area contributed by atoms with E-state index in [0.717, 1.165) is 18.5 Å². The molecule has 2 aromatic rings. The molecule has 0 amide bonds. The lowest BCUT2D eigenvalue weighted by molar-refractivity contribution is 0.638. The molecule has 0 spiro atoms. The third-order valence-corrected chi connectivity index (χ3v) is 6.87. The normalized spacial score (nSPS) is 10.9. The highest BCUT2D eigenvalue weighted by atomic mass is 16.0. The van der Waals surface area contributed by atoms with Gasteiger partial charge in [0.25, 0.3) is 0 Å². The molecule has 0 aromatic heterocycles. The lowest BCUT2D eigenvalue weighted by Gasteiger charge is -2.22. The number of nitrogens with two attached hydrogens (primary N) is 1. The predicted octanol–water partition coefficient (Wildman–Crippen LogP) is 8.40. The zero-order chi connectivity index (χ0) is 23.0. The van der Waals surface area contributed by atoms with Crippen molar-refractivity contribution in [1.82, 2.24) is 0 Å². The van der Waals surface area contributed by atoms with Crippen molar-refractivity contribution in [1.29, 1.82) is 0 Å². The van der Waals surface area contributed by atoms with Crippen LogP contribution in [0.25, 0.3) is 0 Å². The molecule has 4 N–H and O–H groups in total. The van der Waals surface area contributed by atoms with Crippen LogP contribution in [0, 0.1) is 0 Å². The second kappa shape index (κ2) is 17.6. The maximum absolute atomic E-state index is 6.77. The molecule has 0 fully saturated rings. The quantitative estimate of drug-likeness (QED) is 0.190. The molecular formula is C31H51NO. The minimum Gasteiger partial charge on any atom is -0.412 e. The average Bonchev–Trinajstić information content (AvgIpc) is 2.80. The Morgan fingerprint density at radius 1 is 0.576 bits per heavy atom. The summed E-state index contributed by atoms with van der Waals surface area (Å²) in [4.78, 5) is 0. The van der Waals surface area contributed by atoms with Crippen LogP contribution in [0.2, 0.25) is 0 Å². The molecule has 0 atom stereocenters. The van der Waals surface area contributed by atoms with Gasteiger partial charge in [-0.3, -0.25) is 0 Å². The van der Waals surface area contributed by atoms with Gasteiger partial charge in [-0.25, -0.2) is 0 Å². The Hall–Kier alpha value is -1.80. The van der Waals surface area contributed by atoms with E-state index in [0.29, 0.717) is 0 Å². The smallest absolute Gasteiger partial charge is 0.0352 e. The maximum Gasteiger partial charge on any atom is 0.0352 e. The van der Waals surface area contributed by atoms with Gasteiger partial charge in [0.05, 0.1) is 0 Å². The number of hydrogen-bond acceptors (Lipinski definition) is 1. The van der Waals surface area contributed by atoms with E-state index in [1.807, 2.05) is 0 Å². The van der Waals surface area contributed by atoms with Crippen LogP contribution in [0.3, 0.4) is 0 Å². The van der Waals surface area contributed by atoms with E-state index in [-0.39, 0.29) is 5.48 Å². The van der Waals surface area contributed by atoms with E-state index >= 15 is 0 Å². The first-order chi connectivity index (χ1) is 15.7. The van der Waals surface area contributed by atoms with Crippen LogP contribution in [0.1, 0.15) is 126 Å². The van der Waals surface area contributed by atoms with Crippen LogP contribution < -0.4 is 5.73 Å². The van der Waals surface area contributed by atoms with Gasteiger partial charge in [-0.1, -0.05) is 109 Å². The van der Waals surface area contributed by atoms with Crippen LogP contribution in [-0.4, -0.2) is 5.48 Å². The molecule has 2 nitrogen and oxygen atoms in total. The van der Waals surface area contributed by atoms with Crippen LogP contribution in [0.4, 0.5) is 5.69 Å². The predicted molar refractivity (Wildman–Crippen MR) is 147 cm³/mol. The molecule has 186 valence electrons. The van der Waals surface area contributed by atoms with Crippen LogP contribution in [0.5, 0.6) is 0 Å². The summed E-state index contributed by atoms with van der Waals surface area (Å²) in [6, 6.07) is 13.3. The molecule has 0 aliphatic rings. The molecule has 33 heavy (non-hydrogen) atoms. The summed E-state index contributed by atoms with van der Waals surface area (Å²) in [5, 5.41) is 0. The highest BCUT2D eigenvalue weighted by Gasteiger charge is 2.17. The fourth-order valence-corrected chi connectivity index (χ4v) is 4.98. The second-order valence-corrected chi connectivity index (χ2v) is 9.65. The van der Waals surface area contributed by atoms with Crippen molar-refractivity contribution in [2.75, 3.05) is 5.73 Å². The third kappa shape index (κ3) is 10.3. The monoisotopic (exact) mass is 453 g/mol. The molecular weight excluding hydrogens is 402 g/mol. The number of nitrogen functional groups attached to an aromatic ring is 1. The van der Waals surface area contributed by atoms with Crippen molar-refractivity contribution >= 4 is 5.69 Å². The van der Waals surface area contributed by atoms with Gasteiger partial charge >= 0.3 is 0 Å². The van der Waals surface area contributed by atoms with Gasteiger partial charge in [-0.2, -0.15) is 0 Å². The van der Waals surface area contributed by atoms with E-state index in [9.17, 15) is 0 Å². The van der Waals surface area contributed by atoms with Gasteiger partial charge in [-0.05, 0) is 78.8 Å². The molecule has 0 aliphatic carbocycles. The van der Waals surface area contributed by atoms with Gasteiger partial charge in [0, 0.05) is 5.69 Å². The summed E-state index contributed by atoms with van der Waals surface area (Å²) in [6.45, 7) is 6.90. The average molecular weight is 454 g/mol. The molecule has 2 rings (SSSR count). The molecule has 2 aromatic carbocycles. The summed E-state index contributed by atoms with van der Waals surface area (Å²) in [5.41, 5.74) is 15.4. The fraction of sp³-hybridized carbons (Fsp3) is 0.613. The lowest BCUT2D eigenvalue weighted by Crippen LogP contribution is -2.10. The fourth-order valence-electron chi connectivity index (χ4n) is 4.98. The van der Waals surface area contributed by atoms with E-state index in [1.165, 1.54) is 107 Å². The Bertz CT molecular complexity index is 753. The molecule has 0 aliphatic heterocycles. The number of rotatable bonds is 17. The van der Waals surface area contributed by atoms with Gasteiger partial charge in [0.1, 0.15) is 0 Å². The Morgan fingerprint density at radius 3 is 1.58 bits per heavy atom. The molecule has 0 saturated carbocycles. The Labute approximate surface area is 204 Å². The molecule has 0 heterocycles. The highest BCUT2D eigenvalue weighted by molar-refractivity contribution is 5.58. The van der Waals surface area contributed by atoms with Crippen molar-refractivity contribution in [2.24, 2.45) is 0 Å². The van der Waals surface area contributed by atoms with Crippen molar-refractivity contribution < 1.29 is 5.48 Å². The van der Waals surface area contributed by atoms with Gasteiger partial charge in [0.2, 0.25) is 0 Å². The van der Waals surface area contributed by atoms with Crippen molar-refractivity contribution in [3.05, 3.63) is 64.2 Å². The number of unbranched alkanes of at least 4 members (excludes halogenated alkanes) is 9. The highest BCUT2D eigenvalue weighted by Crippen LogP contribution is 2.32. The first-order valence-electron chi connectivity index (χ1n) is 13.7. The SMILES string of the molecule is CCCCCCc1c(N)cc(Cc2ccccc2)c(CCCCCC)c1CCCCCC.O. The van der Waals surface area contributed by atoms with Crippen molar-refractivity contribution in [3.63, 3.8) is 0 Å². The summed E-state index contributed by atoms with van der Waals surface area (Å²) >= 11 is 0. The zero-order valence-corrected chi connectivity index (χ0v) is 21.9. The lowest BCUT2D eigenvalue weighted by atomic mass is 9.84. The van der Waals surface area contributed by atoms with Crippen LogP contribution in [-0.2, 0) is 25.7 Å². The Balaban J connectivity index is 0.00000544. The van der Waals surface area contributed by atoms with Crippen LogP contribution >= 0.6 is 0 Å². The van der Waals surface area contributed by atoms with E-state index in [2.05, 4.69) is 57.2 Å². The number of anilines is 1. The van der Waals surface area contributed by atoms with Gasteiger partial charge in [0.15, 0.2) is 0 Å². The summed E-state index contributed by atoms with van der Waals surface area (Å²) < 4.78 is 0. The second-order valence-electron chi connectivity index (χ2n) is 9.65. The zero-order valence-electron chi connectivity index (χ0n) is 21.9. The van der Waals surface area contributed by atoms with E-state index in [4.69, 9.17) is 5.73 Å². The first kappa shape index (κ1) is 29.2. The topological polar surface area (TPSA) is 57.5 Å².